The standard InChI is InChI=1S/C60H74F2N2O10/c1-33(2)9-7-10-34(3)43-16-17-44-40-15-13-37-28-38(22-24-59(37,5)45(40)23-25-60(43,44)6)73-56(71)11-8-26-63-54(68)20-19-49(65)48(18-21-55(69)70)64-58(72)36-12-14-39(35(4)27-36)57-41-29-46(61)50(66)31-52(41)74-53-32-51(67)47(62)30-42(53)57/h12-14,27,29-34,38,40,43-45,48,66H,7-11,15-26,28H2,1-6H3,(H,63,68)(H,64,72)(H,69,70)/t34-,38+,40-,43?,44+,45?,48+,59?,60?/m1/s1. The maximum Gasteiger partial charge on any atom is 0.306 e. The van der Waals surface area contributed by atoms with Crippen LogP contribution in [0.4, 0.5) is 8.78 Å². The number of carboxylic acid groups (broad SMARTS) is 1. The molecule has 6 aliphatic rings. The monoisotopic (exact) mass is 1020 g/mol. The van der Waals surface area contributed by atoms with Gasteiger partial charge < -0.3 is 30.0 Å². The number of ether oxygens (including phenoxy) is 1. The van der Waals surface area contributed by atoms with Crippen LogP contribution in [-0.4, -0.2) is 58.4 Å². The van der Waals surface area contributed by atoms with E-state index in [0.29, 0.717) is 28.9 Å². The Kier molecular flexibility index (Phi) is 16.5. The number of fused-ring (bicyclic) bond motifs is 7. The fourth-order valence-corrected chi connectivity index (χ4v) is 14.1. The van der Waals surface area contributed by atoms with E-state index in [1.54, 1.807) is 6.92 Å². The first-order valence-corrected chi connectivity index (χ1v) is 27.1. The number of hydrogen-bond donors (Lipinski definition) is 4. The summed E-state index contributed by atoms with van der Waals surface area (Å²) in [7, 11) is 0. The summed E-state index contributed by atoms with van der Waals surface area (Å²) in [5.74, 6) is -1.33. The highest BCUT2D eigenvalue weighted by Gasteiger charge is 2.59. The molecule has 2 amide bonds. The van der Waals surface area contributed by atoms with Crippen molar-refractivity contribution in [1.82, 2.24) is 10.6 Å². The molecule has 2 aromatic rings. The number of halogens is 2. The van der Waals surface area contributed by atoms with E-state index in [2.05, 4.69) is 51.3 Å². The molecule has 0 aromatic heterocycles. The van der Waals surface area contributed by atoms with E-state index in [9.17, 15) is 47.8 Å². The van der Waals surface area contributed by atoms with Gasteiger partial charge in [-0.15, -0.1) is 0 Å². The molecule has 3 saturated carbocycles. The molecule has 8 rings (SSSR count). The lowest BCUT2D eigenvalue weighted by atomic mass is 9.47. The van der Waals surface area contributed by atoms with Crippen molar-refractivity contribution in [1.29, 1.82) is 0 Å². The third-order valence-electron chi connectivity index (χ3n) is 18.0. The Labute approximate surface area is 432 Å². The van der Waals surface area contributed by atoms with Crippen molar-refractivity contribution < 1.29 is 52.1 Å². The second kappa shape index (κ2) is 22.5. The summed E-state index contributed by atoms with van der Waals surface area (Å²) < 4.78 is 41.1. The van der Waals surface area contributed by atoms with E-state index in [1.807, 2.05) is 0 Å². The van der Waals surface area contributed by atoms with Gasteiger partial charge in [0, 0.05) is 72.9 Å². The van der Waals surface area contributed by atoms with Crippen LogP contribution in [0.1, 0.15) is 160 Å². The van der Waals surface area contributed by atoms with E-state index >= 15 is 0 Å². The second-order valence-corrected chi connectivity index (χ2v) is 23.1. The lowest BCUT2D eigenvalue weighted by Gasteiger charge is -2.58. The van der Waals surface area contributed by atoms with Crippen molar-refractivity contribution in [3.8, 4) is 28.2 Å². The number of amides is 2. The fourth-order valence-electron chi connectivity index (χ4n) is 14.1. The molecule has 3 fully saturated rings. The minimum absolute atomic E-state index is 0.0169. The summed E-state index contributed by atoms with van der Waals surface area (Å²) in [6.07, 6.45) is 14.8. The molecule has 4 unspecified atom stereocenters. The average molecular weight is 1020 g/mol. The Morgan fingerprint density at radius 3 is 2.38 bits per heavy atom. The van der Waals surface area contributed by atoms with Crippen LogP contribution in [0.25, 0.3) is 33.4 Å². The zero-order valence-corrected chi connectivity index (χ0v) is 43.9. The van der Waals surface area contributed by atoms with E-state index in [0.717, 1.165) is 79.5 Å². The zero-order valence-electron chi connectivity index (χ0n) is 43.9. The van der Waals surface area contributed by atoms with Crippen LogP contribution in [0.5, 0.6) is 5.75 Å². The quantitative estimate of drug-likeness (QED) is 0.0287. The number of Topliss-reactive ketones (excluding diaryl/α,β-unsaturated/α-hetero) is 1. The topological polar surface area (TPSA) is 189 Å². The Hall–Kier alpha value is -5.92. The number of ketones is 1. The number of carbonyl (C=O) groups is 5. The predicted octanol–water partition coefficient (Wildman–Crippen LogP) is 12.0. The number of carboxylic acids is 1. The molecule has 1 aliphatic heterocycles. The largest absolute Gasteiger partial charge is 0.505 e. The summed E-state index contributed by atoms with van der Waals surface area (Å²) in [6, 6.07) is 7.21. The van der Waals surface area contributed by atoms with Gasteiger partial charge in [-0.2, -0.15) is 0 Å². The highest BCUT2D eigenvalue weighted by molar-refractivity contribution is 6.04. The average Bonchev–Trinajstić information content (AvgIpc) is 3.71. The maximum absolute atomic E-state index is 14.7. The first-order chi connectivity index (χ1) is 35.2. The molecule has 74 heavy (non-hydrogen) atoms. The Balaban J connectivity index is 0.801. The van der Waals surface area contributed by atoms with Gasteiger partial charge in [-0.25, -0.2) is 8.78 Å². The van der Waals surface area contributed by atoms with Crippen molar-refractivity contribution >= 4 is 40.5 Å². The predicted molar refractivity (Wildman–Crippen MR) is 278 cm³/mol. The second-order valence-electron chi connectivity index (χ2n) is 23.1. The Morgan fingerprint density at radius 1 is 0.851 bits per heavy atom. The lowest BCUT2D eigenvalue weighted by molar-refractivity contribution is -0.151. The van der Waals surface area contributed by atoms with Crippen molar-refractivity contribution in [2.24, 2.45) is 46.3 Å². The Bertz CT molecular complexity index is 2850. The number of aromatic hydroxyl groups is 1. The molecule has 4 N–H and O–H groups in total. The number of hydrogen-bond acceptors (Lipinski definition) is 9. The van der Waals surface area contributed by atoms with Crippen LogP contribution in [0.3, 0.4) is 0 Å². The molecule has 9 atom stereocenters. The van der Waals surface area contributed by atoms with Gasteiger partial charge in [0.2, 0.25) is 11.3 Å². The van der Waals surface area contributed by atoms with Gasteiger partial charge in [-0.1, -0.05) is 71.6 Å². The number of aliphatic carboxylic acids is 1. The number of phenolic OH excluding ortho intramolecular Hbond substituents is 1. The van der Waals surface area contributed by atoms with Gasteiger partial charge in [0.05, 0.1) is 6.04 Å². The molecule has 0 bridgehead atoms. The van der Waals surface area contributed by atoms with Crippen LogP contribution >= 0.6 is 0 Å². The number of esters is 1. The van der Waals surface area contributed by atoms with Crippen LogP contribution < -0.4 is 16.1 Å². The highest BCUT2D eigenvalue weighted by Crippen LogP contribution is 2.67. The number of phenols is 1. The van der Waals surface area contributed by atoms with Gasteiger partial charge in [0.15, 0.2) is 23.2 Å². The molecule has 12 nitrogen and oxygen atoms in total. The van der Waals surface area contributed by atoms with Gasteiger partial charge in [-0.05, 0) is 146 Å². The van der Waals surface area contributed by atoms with Crippen LogP contribution in [0.15, 0.2) is 63.3 Å². The molecule has 14 heteroatoms. The molecule has 0 spiro atoms. The van der Waals surface area contributed by atoms with Crippen molar-refractivity contribution in [3.63, 3.8) is 0 Å². The molecule has 1 heterocycles. The van der Waals surface area contributed by atoms with Crippen molar-refractivity contribution in [2.45, 2.75) is 163 Å². The van der Waals surface area contributed by atoms with E-state index in [1.165, 1.54) is 68.7 Å². The molecule has 5 aliphatic carbocycles. The van der Waals surface area contributed by atoms with E-state index in [-0.39, 0.29) is 83.1 Å². The zero-order chi connectivity index (χ0) is 53.2. The molecule has 2 aromatic carbocycles. The normalized spacial score (nSPS) is 25.1. The SMILES string of the molecule is Cc1cc(C(=O)N[C@@H](CCC(=O)O)C(=O)CCC(=O)NCCCC(=O)O[C@H]2CCC3(C)C(=CC[C@H]4C3CCC3(C)C([C@H](C)CCCC(C)C)CC[C@@H]43)C2)ccc1-c1c2cc(F)c(=O)cc-2oc2cc(O)c(F)cc12. The first-order valence-electron chi connectivity index (χ1n) is 27.1. The summed E-state index contributed by atoms with van der Waals surface area (Å²) >= 11 is 0. The number of carbonyl (C=O) groups excluding carboxylic acids is 4. The minimum atomic E-state index is -1.23. The fraction of sp³-hybridized carbons (Fsp3) is 0.567. The number of nitrogens with one attached hydrogen (secondary N) is 2. The first kappa shape index (κ1) is 54.3. The number of allylic oxidation sites excluding steroid dienone is 1. The highest BCUT2D eigenvalue weighted by atomic mass is 19.1. The van der Waals surface area contributed by atoms with Gasteiger partial charge in [0.1, 0.15) is 17.4 Å². The molecular formula is C60H74F2N2O10. The van der Waals surface area contributed by atoms with E-state index in [4.69, 9.17) is 9.15 Å². The number of aryl methyl sites for hydroxylation is 1. The molecular weight excluding hydrogens is 947 g/mol. The summed E-state index contributed by atoms with van der Waals surface area (Å²) in [4.78, 5) is 76.7. The summed E-state index contributed by atoms with van der Waals surface area (Å²) in [6.45, 7) is 14.1. The van der Waals surface area contributed by atoms with Crippen molar-refractivity contribution in [3.05, 3.63) is 87.1 Å². The third kappa shape index (κ3) is 11.5. The number of rotatable bonds is 20. The number of benzene rings is 3. The summed E-state index contributed by atoms with van der Waals surface area (Å²) in [5.41, 5.74) is 2.53. The summed E-state index contributed by atoms with van der Waals surface area (Å²) in [5, 5.41) is 25.0. The van der Waals surface area contributed by atoms with E-state index < -0.39 is 58.8 Å². The Morgan fingerprint density at radius 2 is 1.64 bits per heavy atom. The van der Waals surface area contributed by atoms with Crippen molar-refractivity contribution in [2.75, 3.05) is 6.54 Å². The maximum atomic E-state index is 14.7. The molecule has 398 valence electrons. The third-order valence-corrected chi connectivity index (χ3v) is 18.0. The smallest absolute Gasteiger partial charge is 0.306 e. The molecule has 0 radical (unpaired) electrons. The van der Waals surface area contributed by atoms with Gasteiger partial charge in [0.25, 0.3) is 5.91 Å². The lowest BCUT2D eigenvalue weighted by Crippen LogP contribution is -2.51. The van der Waals surface area contributed by atoms with Gasteiger partial charge >= 0.3 is 11.9 Å². The van der Waals surface area contributed by atoms with Gasteiger partial charge in [-0.3, -0.25) is 28.8 Å². The molecule has 0 saturated heterocycles. The van der Waals surface area contributed by atoms with Crippen LogP contribution in [0, 0.1) is 64.9 Å². The minimum Gasteiger partial charge on any atom is -0.505 e. The van der Waals surface area contributed by atoms with Crippen LogP contribution in [-0.2, 0) is 23.9 Å². The van der Waals surface area contributed by atoms with Crippen LogP contribution in [0.2, 0.25) is 0 Å².